The van der Waals surface area contributed by atoms with Crippen molar-refractivity contribution in [3.05, 3.63) is 34.6 Å². The predicted molar refractivity (Wildman–Crippen MR) is 75.3 cm³/mol. The molecule has 1 rings (SSSR count). The Bertz CT molecular complexity index is 401. The molecule has 1 unspecified atom stereocenters. The maximum atomic E-state index is 13.9. The van der Waals surface area contributed by atoms with Crippen LogP contribution in [0.3, 0.4) is 0 Å². The summed E-state index contributed by atoms with van der Waals surface area (Å²) in [4.78, 5) is 2.09. The van der Waals surface area contributed by atoms with Crippen LogP contribution in [0.25, 0.3) is 0 Å². The number of hydrogen-bond acceptors (Lipinski definition) is 2. The number of hydrogen-bond donors (Lipinski definition) is 1. The normalized spacial score (nSPS) is 14.0. The van der Waals surface area contributed by atoms with E-state index >= 15 is 0 Å². The summed E-state index contributed by atoms with van der Waals surface area (Å²) in [5.41, 5.74) is 6.54. The molecule has 0 aromatic heterocycles. The third-order valence-corrected chi connectivity index (χ3v) is 3.04. The van der Waals surface area contributed by atoms with Crippen molar-refractivity contribution in [3.8, 4) is 0 Å². The van der Waals surface area contributed by atoms with Crippen LogP contribution in [0.5, 0.6) is 0 Å². The lowest BCUT2D eigenvalue weighted by Gasteiger charge is -2.33. The third kappa shape index (κ3) is 4.23. The smallest absolute Gasteiger partial charge is 0.129 e. The summed E-state index contributed by atoms with van der Waals surface area (Å²) in [7, 11) is 1.97. The van der Waals surface area contributed by atoms with E-state index in [0.717, 1.165) is 6.54 Å². The monoisotopic (exact) mass is 272 g/mol. The van der Waals surface area contributed by atoms with Gasteiger partial charge in [-0.3, -0.25) is 4.90 Å². The van der Waals surface area contributed by atoms with E-state index in [9.17, 15) is 4.39 Å². The van der Waals surface area contributed by atoms with Gasteiger partial charge in [-0.15, -0.1) is 0 Å². The first-order valence-corrected chi connectivity index (χ1v) is 6.47. The van der Waals surface area contributed by atoms with Crippen LogP contribution in [-0.2, 0) is 0 Å². The topological polar surface area (TPSA) is 29.3 Å². The van der Waals surface area contributed by atoms with Crippen molar-refractivity contribution in [2.75, 3.05) is 20.1 Å². The number of halogens is 2. The van der Waals surface area contributed by atoms with Crippen molar-refractivity contribution in [2.45, 2.75) is 26.8 Å². The number of benzene rings is 1. The molecule has 1 aromatic carbocycles. The van der Waals surface area contributed by atoms with E-state index in [0.29, 0.717) is 17.1 Å². The minimum atomic E-state index is -0.293. The SMILES string of the molecule is CN(CC(C)(C)C)C(CN)c1ccc(Cl)cc1F. The fraction of sp³-hybridized carbons (Fsp3) is 0.571. The van der Waals surface area contributed by atoms with Gasteiger partial charge in [0.05, 0.1) is 0 Å². The Hall–Kier alpha value is -0.640. The number of likely N-dealkylation sites (N-methyl/N-ethyl adjacent to an activating group) is 1. The van der Waals surface area contributed by atoms with Gasteiger partial charge < -0.3 is 5.73 Å². The van der Waals surface area contributed by atoms with E-state index < -0.39 is 0 Å². The largest absolute Gasteiger partial charge is 0.329 e. The van der Waals surface area contributed by atoms with Gasteiger partial charge >= 0.3 is 0 Å². The predicted octanol–water partition coefficient (Wildman–Crippen LogP) is 3.46. The lowest BCUT2D eigenvalue weighted by molar-refractivity contribution is 0.173. The molecule has 0 bridgehead atoms. The minimum absolute atomic E-state index is 0.124. The molecule has 2 N–H and O–H groups in total. The number of nitrogens with zero attached hydrogens (tertiary/aromatic N) is 1. The fourth-order valence-corrected chi connectivity index (χ4v) is 2.33. The van der Waals surface area contributed by atoms with Gasteiger partial charge in [-0.1, -0.05) is 38.4 Å². The highest BCUT2D eigenvalue weighted by atomic mass is 35.5. The average Bonchev–Trinajstić information content (AvgIpc) is 2.19. The van der Waals surface area contributed by atoms with Crippen molar-refractivity contribution in [2.24, 2.45) is 11.1 Å². The van der Waals surface area contributed by atoms with Crippen LogP contribution in [0.2, 0.25) is 5.02 Å². The van der Waals surface area contributed by atoms with Crippen LogP contribution < -0.4 is 5.73 Å². The first kappa shape index (κ1) is 15.4. The second kappa shape index (κ2) is 6.00. The molecule has 18 heavy (non-hydrogen) atoms. The summed E-state index contributed by atoms with van der Waals surface area (Å²) >= 11 is 5.77. The molecular weight excluding hydrogens is 251 g/mol. The highest BCUT2D eigenvalue weighted by Gasteiger charge is 2.23. The maximum Gasteiger partial charge on any atom is 0.129 e. The molecule has 102 valence electrons. The van der Waals surface area contributed by atoms with Crippen LogP contribution in [-0.4, -0.2) is 25.0 Å². The van der Waals surface area contributed by atoms with Gasteiger partial charge in [0.15, 0.2) is 0 Å². The quantitative estimate of drug-likeness (QED) is 0.910. The van der Waals surface area contributed by atoms with Crippen molar-refractivity contribution in [3.63, 3.8) is 0 Å². The minimum Gasteiger partial charge on any atom is -0.329 e. The van der Waals surface area contributed by atoms with Gasteiger partial charge in [0.1, 0.15) is 5.82 Å². The van der Waals surface area contributed by atoms with Crippen molar-refractivity contribution in [1.82, 2.24) is 4.90 Å². The number of rotatable bonds is 4. The Morgan fingerprint density at radius 1 is 1.39 bits per heavy atom. The molecule has 2 nitrogen and oxygen atoms in total. The van der Waals surface area contributed by atoms with Gasteiger partial charge in [0.2, 0.25) is 0 Å². The summed E-state index contributed by atoms with van der Waals surface area (Å²) < 4.78 is 13.9. The summed E-state index contributed by atoms with van der Waals surface area (Å²) in [5.74, 6) is -0.293. The van der Waals surface area contributed by atoms with Gasteiger partial charge in [-0.25, -0.2) is 4.39 Å². The Morgan fingerprint density at radius 2 is 2.00 bits per heavy atom. The van der Waals surface area contributed by atoms with Crippen molar-refractivity contribution >= 4 is 11.6 Å². The highest BCUT2D eigenvalue weighted by molar-refractivity contribution is 6.30. The Balaban J connectivity index is 2.95. The molecule has 0 spiro atoms. The van der Waals surface area contributed by atoms with Crippen molar-refractivity contribution in [1.29, 1.82) is 0 Å². The Labute approximate surface area is 114 Å². The first-order chi connectivity index (χ1) is 8.24. The molecule has 0 aliphatic carbocycles. The second-order valence-corrected chi connectivity index (χ2v) is 6.33. The molecule has 1 aromatic rings. The van der Waals surface area contributed by atoms with Crippen LogP contribution in [0.4, 0.5) is 4.39 Å². The zero-order valence-electron chi connectivity index (χ0n) is 11.5. The van der Waals surface area contributed by atoms with Gasteiger partial charge in [-0.05, 0) is 24.6 Å². The Morgan fingerprint density at radius 3 is 2.44 bits per heavy atom. The zero-order valence-corrected chi connectivity index (χ0v) is 12.3. The summed E-state index contributed by atoms with van der Waals surface area (Å²) in [6, 6.07) is 4.63. The molecule has 0 saturated heterocycles. The third-order valence-electron chi connectivity index (χ3n) is 2.80. The standard InChI is InChI=1S/C14H22ClFN2/c1-14(2,3)9-18(4)13(8-17)11-6-5-10(15)7-12(11)16/h5-7,13H,8-9,17H2,1-4H3. The van der Waals surface area contributed by atoms with E-state index in [4.69, 9.17) is 17.3 Å². The molecule has 4 heteroatoms. The lowest BCUT2D eigenvalue weighted by Crippen LogP contribution is -2.36. The zero-order chi connectivity index (χ0) is 13.9. The second-order valence-electron chi connectivity index (χ2n) is 5.89. The molecule has 0 saturated carbocycles. The van der Waals surface area contributed by atoms with E-state index in [1.54, 1.807) is 12.1 Å². The molecule has 0 amide bonds. The molecule has 0 heterocycles. The average molecular weight is 273 g/mol. The molecule has 0 radical (unpaired) electrons. The van der Waals surface area contributed by atoms with E-state index in [1.165, 1.54) is 6.07 Å². The number of nitrogens with two attached hydrogens (primary N) is 1. The van der Waals surface area contributed by atoms with Crippen LogP contribution >= 0.6 is 11.6 Å². The summed E-state index contributed by atoms with van der Waals surface area (Å²) in [6.45, 7) is 7.67. The Kier molecular flexibility index (Phi) is 5.14. The van der Waals surface area contributed by atoms with Gasteiger partial charge in [-0.2, -0.15) is 0 Å². The van der Waals surface area contributed by atoms with E-state index in [1.807, 2.05) is 7.05 Å². The van der Waals surface area contributed by atoms with Crippen molar-refractivity contribution < 1.29 is 4.39 Å². The summed E-state index contributed by atoms with van der Waals surface area (Å²) in [6.07, 6.45) is 0. The van der Waals surface area contributed by atoms with Crippen LogP contribution in [0.1, 0.15) is 32.4 Å². The maximum absolute atomic E-state index is 13.9. The molecule has 0 aliphatic heterocycles. The fourth-order valence-electron chi connectivity index (χ4n) is 2.17. The van der Waals surface area contributed by atoms with Gasteiger partial charge in [0.25, 0.3) is 0 Å². The van der Waals surface area contributed by atoms with E-state index in [2.05, 4.69) is 25.7 Å². The molecule has 0 fully saturated rings. The summed E-state index contributed by atoms with van der Waals surface area (Å²) in [5, 5.41) is 0.408. The molecular formula is C14H22ClFN2. The highest BCUT2D eigenvalue weighted by Crippen LogP contribution is 2.26. The lowest BCUT2D eigenvalue weighted by atomic mass is 9.94. The first-order valence-electron chi connectivity index (χ1n) is 6.10. The van der Waals surface area contributed by atoms with Gasteiger partial charge in [0, 0.05) is 29.7 Å². The van der Waals surface area contributed by atoms with Crippen LogP contribution in [0.15, 0.2) is 18.2 Å². The van der Waals surface area contributed by atoms with Crippen LogP contribution in [0, 0.1) is 11.2 Å². The molecule has 0 aliphatic rings. The molecule has 1 atom stereocenters. The van der Waals surface area contributed by atoms with E-state index in [-0.39, 0.29) is 17.3 Å².